The predicted molar refractivity (Wildman–Crippen MR) is 34.8 cm³/mol. The summed E-state index contributed by atoms with van der Waals surface area (Å²) in [6, 6.07) is 0. The van der Waals surface area contributed by atoms with Crippen LogP contribution in [0.5, 0.6) is 0 Å². The van der Waals surface area contributed by atoms with E-state index in [-0.39, 0.29) is 36.0 Å². The molecule has 0 saturated carbocycles. The zero-order chi connectivity index (χ0) is 6.57. The van der Waals surface area contributed by atoms with Gasteiger partial charge < -0.3 is 9.42 Å². The molecule has 0 saturated heterocycles. The molecule has 0 fully saturated rings. The van der Waals surface area contributed by atoms with Crippen molar-refractivity contribution in [3.63, 3.8) is 0 Å². The first-order valence-corrected chi connectivity index (χ1v) is 3.36. The third-order valence-corrected chi connectivity index (χ3v) is 0.892. The maximum atomic E-state index is 10.1. The van der Waals surface area contributed by atoms with Gasteiger partial charge in [0.05, 0.1) is 0 Å². The molecule has 0 bridgehead atoms. The van der Waals surface area contributed by atoms with Gasteiger partial charge in [-0.25, -0.2) is 4.57 Å². The first-order valence-electron chi connectivity index (χ1n) is 2.10. The molecule has 0 aromatic rings. The molecule has 0 aliphatic heterocycles. The Morgan fingerprint density at radius 2 is 2.22 bits per heavy atom. The molecule has 0 spiro atoms. The van der Waals surface area contributed by atoms with E-state index in [2.05, 4.69) is 4.52 Å². The summed E-state index contributed by atoms with van der Waals surface area (Å²) in [6.07, 6.45) is 0.136. The second-order valence-electron chi connectivity index (χ2n) is 1.09. The Morgan fingerprint density at radius 1 is 1.78 bits per heavy atom. The molecule has 6 heteroatoms. The van der Waals surface area contributed by atoms with Crippen LogP contribution in [0.3, 0.4) is 0 Å². The van der Waals surface area contributed by atoms with Crippen molar-refractivity contribution in [1.29, 1.82) is 0 Å². The van der Waals surface area contributed by atoms with E-state index in [1.807, 2.05) is 0 Å². The van der Waals surface area contributed by atoms with E-state index < -0.39 is 14.2 Å². The fraction of sp³-hybridized carbons (Fsp3) is 0.667. The van der Waals surface area contributed by atoms with E-state index in [4.69, 9.17) is 4.89 Å². The third kappa shape index (κ3) is 8.66. The first-order chi connectivity index (χ1) is 3.66. The zero-order valence-corrected chi connectivity index (χ0v) is 5.38. The van der Waals surface area contributed by atoms with Gasteiger partial charge in [0.25, 0.3) is 0 Å². The summed E-state index contributed by atoms with van der Waals surface area (Å²) in [6.45, 7) is 1.55. The van der Waals surface area contributed by atoms with Gasteiger partial charge in [0, 0.05) is 6.42 Å². The van der Waals surface area contributed by atoms with Crippen LogP contribution in [0.4, 0.5) is 0 Å². The number of hydrogen-bond acceptors (Lipinski definition) is 3. The Balaban J connectivity index is 0. The molecule has 0 aromatic heterocycles. The van der Waals surface area contributed by atoms with Gasteiger partial charge >= 0.3 is 43.8 Å². The van der Waals surface area contributed by atoms with Crippen LogP contribution >= 0.6 is 8.25 Å². The molecule has 4 nitrogen and oxygen atoms in total. The van der Waals surface area contributed by atoms with Gasteiger partial charge in [-0.1, -0.05) is 6.92 Å². The monoisotopic (exact) mass is 162 g/mol. The second-order valence-corrected chi connectivity index (χ2v) is 1.83. The second kappa shape index (κ2) is 6.78. The van der Waals surface area contributed by atoms with Crippen molar-refractivity contribution >= 4 is 43.8 Å². The van der Waals surface area contributed by atoms with E-state index in [1.165, 1.54) is 0 Å². The summed E-state index contributed by atoms with van der Waals surface area (Å²) < 4.78 is 13.6. The van der Waals surface area contributed by atoms with E-state index in [0.717, 1.165) is 0 Å². The summed E-state index contributed by atoms with van der Waals surface area (Å²) in [7, 11) is -3.05. The molecule has 1 atom stereocenters. The molecular formula is C3H8NaO4P. The predicted octanol–water partition coefficient (Wildman–Crippen LogP) is -0.327. The minimum absolute atomic E-state index is 0. The minimum atomic E-state index is -3.05. The van der Waals surface area contributed by atoms with Crippen molar-refractivity contribution in [1.82, 2.24) is 0 Å². The Labute approximate surface area is 75.8 Å². The average Bonchev–Trinajstić information content (AvgIpc) is 1.65. The van der Waals surface area contributed by atoms with E-state index >= 15 is 0 Å². The molecule has 50 valence electrons. The molecule has 1 unspecified atom stereocenters. The number of hydrogen-bond donors (Lipinski definition) is 1. The molecule has 0 aromatic carbocycles. The van der Waals surface area contributed by atoms with Gasteiger partial charge in [0.2, 0.25) is 0 Å². The van der Waals surface area contributed by atoms with Gasteiger partial charge in [-0.3, -0.25) is 4.79 Å². The van der Waals surface area contributed by atoms with Crippen LogP contribution in [-0.2, 0) is 13.9 Å². The Hall–Kier alpha value is 0.660. The van der Waals surface area contributed by atoms with Crippen LogP contribution < -0.4 is 0 Å². The normalized spacial score (nSPS) is 11.3. The molecular weight excluding hydrogens is 154 g/mol. The molecule has 1 N–H and O–H groups in total. The van der Waals surface area contributed by atoms with Crippen molar-refractivity contribution in [2.45, 2.75) is 13.3 Å². The van der Waals surface area contributed by atoms with E-state index in [9.17, 15) is 9.36 Å². The first kappa shape index (κ1) is 12.3. The quantitative estimate of drug-likeness (QED) is 0.446. The summed E-state index contributed by atoms with van der Waals surface area (Å²) in [5.41, 5.74) is 0. The Kier molecular flexibility index (Phi) is 9.30. The van der Waals surface area contributed by atoms with Crippen LogP contribution in [0.1, 0.15) is 13.3 Å². The van der Waals surface area contributed by atoms with Gasteiger partial charge in [0.1, 0.15) is 0 Å². The number of carbonyl (C=O) groups is 1. The molecule has 0 rings (SSSR count). The van der Waals surface area contributed by atoms with Gasteiger partial charge in [-0.15, -0.1) is 0 Å². The topological polar surface area (TPSA) is 63.6 Å². The number of rotatable bonds is 2. The van der Waals surface area contributed by atoms with Crippen LogP contribution in [-0.4, -0.2) is 40.4 Å². The van der Waals surface area contributed by atoms with Crippen molar-refractivity contribution in [3.8, 4) is 0 Å². The third-order valence-electron chi connectivity index (χ3n) is 0.490. The SMILES string of the molecule is CCC(=O)O[PH](=O)O.[NaH]. The van der Waals surface area contributed by atoms with Crippen molar-refractivity contribution in [2.75, 3.05) is 0 Å². The summed E-state index contributed by atoms with van der Waals surface area (Å²) >= 11 is 0. The van der Waals surface area contributed by atoms with Gasteiger partial charge in [-0.2, -0.15) is 0 Å². The fourth-order valence-electron chi connectivity index (χ4n) is 0.170. The maximum absolute atomic E-state index is 10.1. The van der Waals surface area contributed by atoms with Crippen molar-refractivity contribution in [3.05, 3.63) is 0 Å². The van der Waals surface area contributed by atoms with Crippen LogP contribution in [0.15, 0.2) is 0 Å². The summed E-state index contributed by atoms with van der Waals surface area (Å²) in [5, 5.41) is 0. The molecule has 0 radical (unpaired) electrons. The molecule has 0 aliphatic rings. The van der Waals surface area contributed by atoms with Crippen LogP contribution in [0.25, 0.3) is 0 Å². The van der Waals surface area contributed by atoms with Crippen LogP contribution in [0, 0.1) is 0 Å². The zero-order valence-electron chi connectivity index (χ0n) is 4.38. The molecule has 0 heterocycles. The number of carbonyl (C=O) groups excluding carboxylic acids is 1. The summed E-state index contributed by atoms with van der Waals surface area (Å²) in [4.78, 5) is 18.0. The van der Waals surface area contributed by atoms with Crippen molar-refractivity contribution in [2.24, 2.45) is 0 Å². The van der Waals surface area contributed by atoms with E-state index in [0.29, 0.717) is 0 Å². The molecule has 0 amide bonds. The van der Waals surface area contributed by atoms with Gasteiger partial charge in [0.15, 0.2) is 0 Å². The van der Waals surface area contributed by atoms with E-state index in [1.54, 1.807) is 6.92 Å². The molecule has 0 aliphatic carbocycles. The van der Waals surface area contributed by atoms with Crippen molar-refractivity contribution < 1.29 is 18.8 Å². The van der Waals surface area contributed by atoms with Gasteiger partial charge in [-0.05, 0) is 0 Å². The van der Waals surface area contributed by atoms with Crippen LogP contribution in [0.2, 0.25) is 0 Å². The average molecular weight is 162 g/mol. The standard InChI is InChI=1S/C3H7O4P.Na.H/c1-2-3(4)7-8(5)6;;/h8H,2H2,1H3,(H,5,6);;. The fourth-order valence-corrected chi connectivity index (χ4v) is 0.509. The molecule has 9 heavy (non-hydrogen) atoms. The Bertz CT molecular complexity index is 114. The summed E-state index contributed by atoms with van der Waals surface area (Å²) in [5.74, 6) is -0.642. The Morgan fingerprint density at radius 3 is 2.33 bits per heavy atom.